The summed E-state index contributed by atoms with van der Waals surface area (Å²) in [7, 11) is 0. The smallest absolute Gasteiger partial charge is 0.231 e. The molecule has 0 saturated heterocycles. The number of nitrogens with two attached hydrogens (primary N) is 1. The third-order valence-electron chi connectivity index (χ3n) is 3.18. The summed E-state index contributed by atoms with van der Waals surface area (Å²) >= 11 is 0. The van der Waals surface area contributed by atoms with Crippen LogP contribution in [0.2, 0.25) is 0 Å². The monoisotopic (exact) mass is 287 g/mol. The maximum Gasteiger partial charge on any atom is 0.231 e. The van der Waals surface area contributed by atoms with Crippen molar-refractivity contribution >= 4 is 5.91 Å². The molecule has 0 fully saturated rings. The zero-order valence-corrected chi connectivity index (χ0v) is 12.3. The van der Waals surface area contributed by atoms with Crippen molar-refractivity contribution in [2.24, 2.45) is 5.73 Å². The fourth-order valence-electron chi connectivity index (χ4n) is 2.13. The molecule has 0 spiro atoms. The van der Waals surface area contributed by atoms with Gasteiger partial charge in [-0.1, -0.05) is 43.7 Å². The van der Waals surface area contributed by atoms with Crippen LogP contribution in [-0.4, -0.2) is 28.9 Å². The van der Waals surface area contributed by atoms with Crippen molar-refractivity contribution in [2.75, 3.05) is 13.1 Å². The van der Waals surface area contributed by atoms with Crippen LogP contribution in [0.1, 0.15) is 25.7 Å². The van der Waals surface area contributed by atoms with Crippen LogP contribution in [0.25, 0.3) is 11.3 Å². The van der Waals surface area contributed by atoms with Crippen LogP contribution >= 0.6 is 0 Å². The Balaban J connectivity index is 2.03. The minimum atomic E-state index is -0.332. The summed E-state index contributed by atoms with van der Waals surface area (Å²) in [6.07, 6.45) is 3.79. The Morgan fingerprint density at radius 3 is 2.76 bits per heavy atom. The molecule has 0 radical (unpaired) electrons. The molecule has 0 aliphatic rings. The zero-order chi connectivity index (χ0) is 15.1. The molecule has 1 heterocycles. The number of benzene rings is 1. The van der Waals surface area contributed by atoms with Gasteiger partial charge >= 0.3 is 0 Å². The second-order valence-electron chi connectivity index (χ2n) is 5.01. The number of amides is 1. The Morgan fingerprint density at radius 2 is 2.10 bits per heavy atom. The molecule has 0 bridgehead atoms. The first-order valence-corrected chi connectivity index (χ1v) is 7.20. The van der Waals surface area contributed by atoms with Gasteiger partial charge in [-0.3, -0.25) is 9.69 Å². The number of unbranched alkanes of at least 4 members (excludes halogenated alkanes) is 1. The summed E-state index contributed by atoms with van der Waals surface area (Å²) < 4.78 is 5.76. The highest BCUT2D eigenvalue weighted by Gasteiger charge is 2.13. The molecule has 1 amide bonds. The molecular formula is C16H21N3O2. The molecule has 2 rings (SSSR count). The highest BCUT2D eigenvalue weighted by atomic mass is 16.4. The van der Waals surface area contributed by atoms with Gasteiger partial charge in [-0.15, -0.1) is 0 Å². The van der Waals surface area contributed by atoms with E-state index in [1.807, 2.05) is 35.2 Å². The van der Waals surface area contributed by atoms with Gasteiger partial charge in [0.15, 0.2) is 5.76 Å². The van der Waals surface area contributed by atoms with Crippen LogP contribution in [0.4, 0.5) is 0 Å². The van der Waals surface area contributed by atoms with E-state index >= 15 is 0 Å². The van der Waals surface area contributed by atoms with Crippen molar-refractivity contribution in [3.8, 4) is 11.3 Å². The van der Waals surface area contributed by atoms with Crippen molar-refractivity contribution in [3.63, 3.8) is 0 Å². The van der Waals surface area contributed by atoms with Gasteiger partial charge in [-0.25, -0.2) is 4.98 Å². The fraction of sp³-hybridized carbons (Fsp3) is 0.375. The average molecular weight is 287 g/mol. The molecule has 2 aromatic rings. The second-order valence-corrected chi connectivity index (χ2v) is 5.01. The first kappa shape index (κ1) is 15.3. The Morgan fingerprint density at radius 1 is 1.33 bits per heavy atom. The standard InChI is InChI=1S/C16H21N3O2/c1-2-3-9-19(11-15(17)20)12-16-18-10-14(21-16)13-7-5-4-6-8-13/h4-8,10H,2-3,9,11-12H2,1H3,(H2,17,20). The zero-order valence-electron chi connectivity index (χ0n) is 12.3. The number of carbonyl (C=O) groups is 1. The van der Waals surface area contributed by atoms with Crippen LogP contribution in [0.5, 0.6) is 0 Å². The SMILES string of the molecule is CCCCN(CC(N)=O)Cc1ncc(-c2ccccc2)o1. The summed E-state index contributed by atoms with van der Waals surface area (Å²) in [5.74, 6) is 1.01. The lowest BCUT2D eigenvalue weighted by atomic mass is 10.2. The lowest BCUT2D eigenvalue weighted by Crippen LogP contribution is -2.34. The summed E-state index contributed by atoms with van der Waals surface area (Å²) in [6.45, 7) is 3.64. The molecule has 0 atom stereocenters. The van der Waals surface area contributed by atoms with Gasteiger partial charge in [0, 0.05) is 5.56 Å². The van der Waals surface area contributed by atoms with Crippen molar-refractivity contribution in [2.45, 2.75) is 26.3 Å². The minimum Gasteiger partial charge on any atom is -0.439 e. The highest BCUT2D eigenvalue weighted by Crippen LogP contribution is 2.20. The second kappa shape index (κ2) is 7.59. The predicted octanol–water partition coefficient (Wildman–Crippen LogP) is 2.43. The maximum absolute atomic E-state index is 11.1. The van der Waals surface area contributed by atoms with Crippen LogP contribution < -0.4 is 5.73 Å². The number of hydrogen-bond acceptors (Lipinski definition) is 4. The highest BCUT2D eigenvalue weighted by molar-refractivity contribution is 5.75. The molecule has 112 valence electrons. The van der Waals surface area contributed by atoms with E-state index in [1.165, 1.54) is 0 Å². The molecule has 5 heteroatoms. The predicted molar refractivity (Wildman–Crippen MR) is 81.3 cm³/mol. The number of rotatable bonds is 8. The maximum atomic E-state index is 11.1. The van der Waals surface area contributed by atoms with E-state index in [0.29, 0.717) is 12.4 Å². The van der Waals surface area contributed by atoms with Gasteiger partial charge in [-0.2, -0.15) is 0 Å². The summed E-state index contributed by atoms with van der Waals surface area (Å²) in [6, 6.07) is 9.82. The van der Waals surface area contributed by atoms with Gasteiger partial charge in [0.05, 0.1) is 19.3 Å². The normalized spacial score (nSPS) is 11.0. The molecular weight excluding hydrogens is 266 g/mol. The molecule has 21 heavy (non-hydrogen) atoms. The number of oxazole rings is 1. The van der Waals surface area contributed by atoms with Crippen LogP contribution in [-0.2, 0) is 11.3 Å². The molecule has 1 aromatic carbocycles. The minimum absolute atomic E-state index is 0.225. The number of aromatic nitrogens is 1. The summed E-state index contributed by atoms with van der Waals surface area (Å²) in [4.78, 5) is 17.4. The van der Waals surface area contributed by atoms with Crippen molar-refractivity contribution in [3.05, 3.63) is 42.4 Å². The Kier molecular flexibility index (Phi) is 5.51. The molecule has 1 aromatic heterocycles. The topological polar surface area (TPSA) is 72.4 Å². The van der Waals surface area contributed by atoms with Gasteiger partial charge in [0.2, 0.25) is 11.8 Å². The first-order valence-electron chi connectivity index (χ1n) is 7.20. The van der Waals surface area contributed by atoms with E-state index in [1.54, 1.807) is 6.20 Å². The summed E-state index contributed by atoms with van der Waals surface area (Å²) in [5, 5.41) is 0. The molecule has 0 unspecified atom stereocenters. The van der Waals surface area contributed by atoms with E-state index in [9.17, 15) is 4.79 Å². The fourth-order valence-corrected chi connectivity index (χ4v) is 2.13. The lowest BCUT2D eigenvalue weighted by molar-refractivity contribution is -0.119. The first-order chi connectivity index (χ1) is 10.2. The number of hydrogen-bond donors (Lipinski definition) is 1. The van der Waals surface area contributed by atoms with Crippen molar-refractivity contribution in [1.29, 1.82) is 0 Å². The van der Waals surface area contributed by atoms with Crippen LogP contribution in [0, 0.1) is 0 Å². The van der Waals surface area contributed by atoms with Gasteiger partial charge < -0.3 is 10.2 Å². The third kappa shape index (κ3) is 4.72. The number of nitrogens with zero attached hydrogens (tertiary/aromatic N) is 2. The van der Waals surface area contributed by atoms with E-state index in [-0.39, 0.29) is 12.5 Å². The molecule has 0 saturated carbocycles. The van der Waals surface area contributed by atoms with E-state index < -0.39 is 0 Å². The number of carbonyl (C=O) groups excluding carboxylic acids is 1. The van der Waals surface area contributed by atoms with Gasteiger partial charge in [0.1, 0.15) is 0 Å². The lowest BCUT2D eigenvalue weighted by Gasteiger charge is -2.18. The molecule has 2 N–H and O–H groups in total. The number of primary amides is 1. The van der Waals surface area contributed by atoms with Gasteiger partial charge in [0.25, 0.3) is 0 Å². The van der Waals surface area contributed by atoms with E-state index in [0.717, 1.165) is 30.7 Å². The Hall–Kier alpha value is -2.14. The average Bonchev–Trinajstić information content (AvgIpc) is 2.93. The van der Waals surface area contributed by atoms with Gasteiger partial charge in [-0.05, 0) is 13.0 Å². The third-order valence-corrected chi connectivity index (χ3v) is 3.18. The Bertz CT molecular complexity index is 566. The van der Waals surface area contributed by atoms with Crippen molar-refractivity contribution < 1.29 is 9.21 Å². The van der Waals surface area contributed by atoms with E-state index in [4.69, 9.17) is 10.2 Å². The molecule has 0 aliphatic carbocycles. The Labute approximate surface area is 124 Å². The summed E-state index contributed by atoms with van der Waals surface area (Å²) in [5.41, 5.74) is 6.28. The van der Waals surface area contributed by atoms with E-state index in [2.05, 4.69) is 11.9 Å². The van der Waals surface area contributed by atoms with Crippen LogP contribution in [0.3, 0.4) is 0 Å². The van der Waals surface area contributed by atoms with Crippen LogP contribution in [0.15, 0.2) is 40.9 Å². The molecule has 0 aliphatic heterocycles. The largest absolute Gasteiger partial charge is 0.439 e. The van der Waals surface area contributed by atoms with Crippen molar-refractivity contribution in [1.82, 2.24) is 9.88 Å². The quantitative estimate of drug-likeness (QED) is 0.809. The molecule has 5 nitrogen and oxygen atoms in total.